The van der Waals surface area contributed by atoms with Crippen LogP contribution >= 0.6 is 11.3 Å². The van der Waals surface area contributed by atoms with E-state index in [0.29, 0.717) is 23.0 Å². The van der Waals surface area contributed by atoms with Gasteiger partial charge in [-0.3, -0.25) is 14.9 Å². The van der Waals surface area contributed by atoms with Crippen LogP contribution in [0.25, 0.3) is 0 Å². The van der Waals surface area contributed by atoms with E-state index in [0.717, 1.165) is 0 Å². The van der Waals surface area contributed by atoms with Crippen molar-refractivity contribution in [3.05, 3.63) is 40.9 Å². The molecule has 1 aromatic heterocycles. The topological polar surface area (TPSA) is 115 Å². The minimum atomic E-state index is -3.67. The number of benzene rings is 1. The lowest BCUT2D eigenvalue weighted by Gasteiger charge is -2.34. The van der Waals surface area contributed by atoms with Gasteiger partial charge < -0.3 is 9.47 Å². The van der Waals surface area contributed by atoms with Crippen LogP contribution in [0.5, 0.6) is 0 Å². The summed E-state index contributed by atoms with van der Waals surface area (Å²) in [7, 11) is -3.67. The van der Waals surface area contributed by atoms with Crippen LogP contribution in [0, 0.1) is 0 Å². The smallest absolute Gasteiger partial charge is 0.311 e. The molecule has 0 aliphatic carbocycles. The minimum absolute atomic E-state index is 0.0333. The number of aromatic nitrogens is 1. The van der Waals surface area contributed by atoms with E-state index in [2.05, 4.69) is 10.3 Å². The van der Waals surface area contributed by atoms with Gasteiger partial charge in [0.1, 0.15) is 0 Å². The number of amides is 1. The largest absolute Gasteiger partial charge is 0.466 e. The van der Waals surface area contributed by atoms with E-state index in [1.807, 2.05) is 13.8 Å². The van der Waals surface area contributed by atoms with Crippen LogP contribution in [0.3, 0.4) is 0 Å². The molecule has 3 rings (SSSR count). The Kier molecular flexibility index (Phi) is 7.42. The Morgan fingerprint density at radius 1 is 1.23 bits per heavy atom. The number of rotatable bonds is 7. The third-order valence-corrected chi connectivity index (χ3v) is 7.20. The number of nitrogens with one attached hydrogen (secondary N) is 1. The maximum atomic E-state index is 12.9. The molecular formula is C20H25N3O6S2. The Morgan fingerprint density at radius 3 is 2.48 bits per heavy atom. The number of hydrogen-bond donors (Lipinski definition) is 1. The fraction of sp³-hybridized carbons (Fsp3) is 0.450. The van der Waals surface area contributed by atoms with Gasteiger partial charge >= 0.3 is 5.97 Å². The highest BCUT2D eigenvalue weighted by Gasteiger charge is 2.32. The zero-order chi connectivity index (χ0) is 22.6. The Labute approximate surface area is 185 Å². The van der Waals surface area contributed by atoms with E-state index in [-0.39, 0.29) is 42.6 Å². The van der Waals surface area contributed by atoms with Crippen LogP contribution in [0.4, 0.5) is 5.13 Å². The number of thiazole rings is 1. The molecule has 1 saturated heterocycles. The maximum absolute atomic E-state index is 12.9. The lowest BCUT2D eigenvalue weighted by Crippen LogP contribution is -2.48. The molecule has 0 radical (unpaired) electrons. The van der Waals surface area contributed by atoms with Crippen molar-refractivity contribution in [2.75, 3.05) is 25.0 Å². The monoisotopic (exact) mass is 467 g/mol. The summed E-state index contributed by atoms with van der Waals surface area (Å²) in [5, 5.41) is 4.67. The summed E-state index contributed by atoms with van der Waals surface area (Å²) >= 11 is 1.19. The van der Waals surface area contributed by atoms with Crippen molar-refractivity contribution < 1.29 is 27.5 Å². The van der Waals surface area contributed by atoms with E-state index in [1.165, 1.54) is 39.9 Å². The molecule has 0 saturated carbocycles. The van der Waals surface area contributed by atoms with Crippen LogP contribution < -0.4 is 5.32 Å². The Balaban J connectivity index is 1.65. The van der Waals surface area contributed by atoms with E-state index in [1.54, 1.807) is 12.3 Å². The molecule has 1 N–H and O–H groups in total. The molecular weight excluding hydrogens is 442 g/mol. The third kappa shape index (κ3) is 5.88. The lowest BCUT2D eigenvalue weighted by molar-refractivity contribution is -0.142. The second-order valence-corrected chi connectivity index (χ2v) is 9.98. The average molecular weight is 468 g/mol. The summed E-state index contributed by atoms with van der Waals surface area (Å²) in [6.45, 7) is 6.26. The molecule has 0 spiro atoms. The first-order valence-corrected chi connectivity index (χ1v) is 12.2. The Morgan fingerprint density at radius 2 is 1.87 bits per heavy atom. The number of sulfonamides is 1. The second-order valence-electron chi connectivity index (χ2n) is 7.18. The predicted octanol–water partition coefficient (Wildman–Crippen LogP) is 2.30. The van der Waals surface area contributed by atoms with Gasteiger partial charge in [0.05, 0.1) is 35.8 Å². The fourth-order valence-corrected chi connectivity index (χ4v) is 5.52. The highest BCUT2D eigenvalue weighted by Crippen LogP contribution is 2.22. The van der Waals surface area contributed by atoms with Gasteiger partial charge in [0, 0.05) is 24.0 Å². The molecule has 1 aliphatic rings. The molecule has 2 heterocycles. The van der Waals surface area contributed by atoms with Crippen LogP contribution in [0.2, 0.25) is 0 Å². The van der Waals surface area contributed by atoms with Gasteiger partial charge in [-0.1, -0.05) is 0 Å². The summed E-state index contributed by atoms with van der Waals surface area (Å²) in [6, 6.07) is 5.76. The molecule has 31 heavy (non-hydrogen) atoms. The standard InChI is InChI=1S/C20H25N3O6S2/c1-4-28-18(24)9-16-12-30-20(21-16)22-19(25)15-5-7-17(8-6-15)31(26,27)23-10-13(2)29-14(3)11-23/h5-8,12-14H,4,9-11H2,1-3H3,(H,21,22,25)/t13-,14+. The number of nitrogens with zero attached hydrogens (tertiary/aromatic N) is 2. The zero-order valence-corrected chi connectivity index (χ0v) is 19.2. The van der Waals surface area contributed by atoms with Gasteiger partial charge in [0.2, 0.25) is 10.0 Å². The number of hydrogen-bond acceptors (Lipinski definition) is 8. The molecule has 9 nitrogen and oxygen atoms in total. The summed E-state index contributed by atoms with van der Waals surface area (Å²) in [4.78, 5) is 28.3. The number of morpholine rings is 1. The molecule has 1 amide bonds. The molecule has 0 unspecified atom stereocenters. The van der Waals surface area contributed by atoms with Gasteiger partial charge in [-0.2, -0.15) is 4.31 Å². The van der Waals surface area contributed by atoms with E-state index in [9.17, 15) is 18.0 Å². The number of esters is 1. The first kappa shape index (κ1) is 23.3. The quantitative estimate of drug-likeness (QED) is 0.621. The van der Waals surface area contributed by atoms with Crippen molar-refractivity contribution in [2.45, 2.75) is 44.3 Å². The highest BCUT2D eigenvalue weighted by molar-refractivity contribution is 7.89. The van der Waals surface area contributed by atoms with Gasteiger partial charge in [0.15, 0.2) is 5.13 Å². The van der Waals surface area contributed by atoms with Gasteiger partial charge in [-0.15, -0.1) is 11.3 Å². The van der Waals surface area contributed by atoms with E-state index >= 15 is 0 Å². The molecule has 168 valence electrons. The number of anilines is 1. The minimum Gasteiger partial charge on any atom is -0.466 e. The number of carbonyl (C=O) groups is 2. The first-order valence-electron chi connectivity index (χ1n) is 9.86. The van der Waals surface area contributed by atoms with Crippen molar-refractivity contribution in [1.29, 1.82) is 0 Å². The van der Waals surface area contributed by atoms with Crippen LogP contribution in [-0.4, -0.2) is 61.5 Å². The second kappa shape index (κ2) is 9.86. The summed E-state index contributed by atoms with van der Waals surface area (Å²) < 4.78 is 37.7. The number of carbonyl (C=O) groups excluding carboxylic acids is 2. The molecule has 2 aromatic rings. The normalized spacial score (nSPS) is 19.7. The maximum Gasteiger partial charge on any atom is 0.311 e. The third-order valence-electron chi connectivity index (χ3n) is 4.54. The van der Waals surface area contributed by atoms with Gasteiger partial charge in [-0.05, 0) is 45.0 Å². The van der Waals surface area contributed by atoms with E-state index < -0.39 is 15.9 Å². The first-order chi connectivity index (χ1) is 14.7. The molecule has 11 heteroatoms. The van der Waals surface area contributed by atoms with Crippen molar-refractivity contribution in [1.82, 2.24) is 9.29 Å². The zero-order valence-electron chi connectivity index (χ0n) is 17.5. The Bertz CT molecular complexity index is 1030. The molecule has 2 atom stereocenters. The van der Waals surface area contributed by atoms with Crippen LogP contribution in [-0.2, 0) is 30.7 Å². The molecule has 1 aliphatic heterocycles. The van der Waals surface area contributed by atoms with Crippen molar-refractivity contribution >= 4 is 38.4 Å². The number of ether oxygens (including phenoxy) is 2. The van der Waals surface area contributed by atoms with Crippen LogP contribution in [0.15, 0.2) is 34.5 Å². The van der Waals surface area contributed by atoms with Gasteiger partial charge in [-0.25, -0.2) is 13.4 Å². The summed E-state index contributed by atoms with van der Waals surface area (Å²) in [5.74, 6) is -0.805. The predicted molar refractivity (Wildman–Crippen MR) is 116 cm³/mol. The molecule has 1 fully saturated rings. The fourth-order valence-electron chi connectivity index (χ4n) is 3.23. The van der Waals surface area contributed by atoms with Crippen LogP contribution in [0.1, 0.15) is 36.8 Å². The van der Waals surface area contributed by atoms with Gasteiger partial charge in [0.25, 0.3) is 5.91 Å². The summed E-state index contributed by atoms with van der Waals surface area (Å²) in [6.07, 6.45) is -0.336. The SMILES string of the molecule is CCOC(=O)Cc1csc(NC(=O)c2ccc(S(=O)(=O)N3C[C@@H](C)O[C@@H](C)C3)cc2)n1. The Hall–Kier alpha value is -2.34. The van der Waals surface area contributed by atoms with E-state index in [4.69, 9.17) is 9.47 Å². The molecule has 1 aromatic carbocycles. The summed E-state index contributed by atoms with van der Waals surface area (Å²) in [5.41, 5.74) is 0.805. The molecule has 0 bridgehead atoms. The lowest BCUT2D eigenvalue weighted by atomic mass is 10.2. The van der Waals surface area contributed by atoms with Crippen molar-refractivity contribution in [3.8, 4) is 0 Å². The average Bonchev–Trinajstić information content (AvgIpc) is 3.14. The van der Waals surface area contributed by atoms with Crippen molar-refractivity contribution in [2.24, 2.45) is 0 Å². The highest BCUT2D eigenvalue weighted by atomic mass is 32.2. The van der Waals surface area contributed by atoms with Crippen molar-refractivity contribution in [3.63, 3.8) is 0 Å².